The molecule has 0 aliphatic carbocycles. The molecule has 1 atom stereocenters. The Morgan fingerprint density at radius 1 is 1.15 bits per heavy atom. The van der Waals surface area contributed by atoms with Gasteiger partial charge in [0.15, 0.2) is 17.6 Å². The summed E-state index contributed by atoms with van der Waals surface area (Å²) in [5.41, 5.74) is -1.65. The average molecular weight is 371 g/mol. The Morgan fingerprint density at radius 3 is 2.62 bits per heavy atom. The molecule has 0 aromatic heterocycles. The number of hydrogen-bond donors (Lipinski definition) is 1. The van der Waals surface area contributed by atoms with E-state index in [0.29, 0.717) is 35.4 Å². The van der Waals surface area contributed by atoms with E-state index in [1.54, 1.807) is 12.1 Å². The van der Waals surface area contributed by atoms with Crippen LogP contribution in [0.4, 0.5) is 23.2 Å². The minimum absolute atomic E-state index is 0.0731. The van der Waals surface area contributed by atoms with Crippen molar-refractivity contribution < 1.29 is 36.6 Å². The third-order valence-corrected chi connectivity index (χ3v) is 3.58. The predicted molar refractivity (Wildman–Crippen MR) is 82.7 cm³/mol. The van der Waals surface area contributed by atoms with Gasteiger partial charge in [-0.25, -0.2) is 4.39 Å². The molecule has 0 spiro atoms. The van der Waals surface area contributed by atoms with Crippen LogP contribution in [0.3, 0.4) is 0 Å². The Bertz CT molecular complexity index is 838. The lowest BCUT2D eigenvalue weighted by atomic mass is 10.2. The van der Waals surface area contributed by atoms with Crippen LogP contribution < -0.4 is 19.5 Å². The Hall–Kier alpha value is -2.97. The number of rotatable bonds is 4. The van der Waals surface area contributed by atoms with Gasteiger partial charge in [0.25, 0.3) is 5.91 Å². The second-order valence-corrected chi connectivity index (χ2v) is 5.46. The highest BCUT2D eigenvalue weighted by Crippen LogP contribution is 2.35. The molecule has 1 aliphatic rings. The second kappa shape index (κ2) is 6.74. The van der Waals surface area contributed by atoms with Crippen molar-refractivity contribution in [2.45, 2.75) is 19.2 Å². The maximum Gasteiger partial charge on any atom is 0.416 e. The molecule has 0 saturated carbocycles. The third kappa shape index (κ3) is 3.81. The summed E-state index contributed by atoms with van der Waals surface area (Å²) in [5, 5.41) is 2.10. The second-order valence-electron chi connectivity index (χ2n) is 5.46. The number of benzene rings is 2. The Kier molecular flexibility index (Phi) is 4.62. The first-order chi connectivity index (χ1) is 12.2. The summed E-state index contributed by atoms with van der Waals surface area (Å²) in [6.07, 6.45) is -5.74. The van der Waals surface area contributed by atoms with E-state index in [9.17, 15) is 22.4 Å². The van der Waals surface area contributed by atoms with Crippen LogP contribution in [-0.2, 0) is 11.0 Å². The van der Waals surface area contributed by atoms with E-state index in [1.165, 1.54) is 13.0 Å². The minimum Gasteiger partial charge on any atom is -0.481 e. The first-order valence-corrected chi connectivity index (χ1v) is 7.48. The summed E-state index contributed by atoms with van der Waals surface area (Å²) < 4.78 is 67.6. The van der Waals surface area contributed by atoms with Gasteiger partial charge in [-0.1, -0.05) is 0 Å². The first kappa shape index (κ1) is 17.8. The van der Waals surface area contributed by atoms with E-state index in [-0.39, 0.29) is 6.79 Å². The van der Waals surface area contributed by atoms with Gasteiger partial charge in [-0.15, -0.1) is 0 Å². The zero-order valence-corrected chi connectivity index (χ0v) is 13.4. The van der Waals surface area contributed by atoms with Crippen molar-refractivity contribution in [3.8, 4) is 17.2 Å². The molecule has 0 bridgehead atoms. The number of alkyl halides is 3. The number of nitrogens with one attached hydrogen (secondary N) is 1. The molecule has 0 radical (unpaired) electrons. The van der Waals surface area contributed by atoms with Crippen LogP contribution in [0, 0.1) is 5.82 Å². The number of hydrogen-bond acceptors (Lipinski definition) is 4. The van der Waals surface area contributed by atoms with E-state index in [4.69, 9.17) is 14.2 Å². The maximum absolute atomic E-state index is 13.7. The molecule has 138 valence electrons. The van der Waals surface area contributed by atoms with Gasteiger partial charge >= 0.3 is 6.18 Å². The molecule has 1 aliphatic heterocycles. The number of amides is 1. The molecule has 1 N–H and O–H groups in total. The van der Waals surface area contributed by atoms with E-state index in [0.717, 1.165) is 0 Å². The number of anilines is 1. The highest BCUT2D eigenvalue weighted by molar-refractivity contribution is 5.94. The van der Waals surface area contributed by atoms with E-state index in [1.807, 2.05) is 0 Å². The maximum atomic E-state index is 13.7. The van der Waals surface area contributed by atoms with Crippen LogP contribution in [0.1, 0.15) is 12.5 Å². The van der Waals surface area contributed by atoms with Crippen molar-refractivity contribution in [2.75, 3.05) is 12.1 Å². The van der Waals surface area contributed by atoms with Gasteiger partial charge in [-0.05, 0) is 37.3 Å². The van der Waals surface area contributed by atoms with Gasteiger partial charge in [0.2, 0.25) is 6.79 Å². The molecule has 2 aromatic rings. The molecule has 0 saturated heterocycles. The van der Waals surface area contributed by atoms with Crippen LogP contribution in [-0.4, -0.2) is 18.8 Å². The summed E-state index contributed by atoms with van der Waals surface area (Å²) >= 11 is 0. The number of carbonyl (C=O) groups is 1. The lowest BCUT2D eigenvalue weighted by Gasteiger charge is -2.16. The molecule has 1 unspecified atom stereocenters. The zero-order valence-electron chi connectivity index (χ0n) is 13.4. The standard InChI is InChI=1S/C17H13F4NO4/c1-9(26-11-3-5-14-15(7-11)25-8-24-14)16(23)22-13-6-10(17(19,20)21)2-4-12(13)18/h2-7,9H,8H2,1H3,(H,22,23). The van der Waals surface area contributed by atoms with Gasteiger partial charge < -0.3 is 19.5 Å². The van der Waals surface area contributed by atoms with Crippen LogP contribution >= 0.6 is 0 Å². The molecule has 1 heterocycles. The van der Waals surface area contributed by atoms with Crippen molar-refractivity contribution in [3.05, 3.63) is 47.8 Å². The number of halogens is 4. The molecule has 0 fully saturated rings. The third-order valence-electron chi connectivity index (χ3n) is 3.58. The fraction of sp³-hybridized carbons (Fsp3) is 0.235. The average Bonchev–Trinajstić information content (AvgIpc) is 3.03. The summed E-state index contributed by atoms with van der Waals surface area (Å²) in [6.45, 7) is 1.45. The lowest BCUT2D eigenvalue weighted by Crippen LogP contribution is -2.30. The molecular weight excluding hydrogens is 358 g/mol. The largest absolute Gasteiger partial charge is 0.481 e. The topological polar surface area (TPSA) is 56.8 Å². The van der Waals surface area contributed by atoms with Crippen molar-refractivity contribution in [3.63, 3.8) is 0 Å². The zero-order chi connectivity index (χ0) is 18.9. The normalized spacial score (nSPS) is 14.0. The molecule has 3 rings (SSSR count). The summed E-state index contributed by atoms with van der Waals surface area (Å²) in [5.74, 6) is -0.525. The highest BCUT2D eigenvalue weighted by atomic mass is 19.4. The van der Waals surface area contributed by atoms with Crippen LogP contribution in [0.25, 0.3) is 0 Å². The minimum atomic E-state index is -4.65. The van der Waals surface area contributed by atoms with Crippen LogP contribution in [0.5, 0.6) is 17.2 Å². The predicted octanol–water partition coefficient (Wildman–Crippen LogP) is 3.98. The van der Waals surface area contributed by atoms with E-state index < -0.39 is 35.3 Å². The lowest BCUT2D eigenvalue weighted by molar-refractivity contribution is -0.137. The SMILES string of the molecule is CC(Oc1ccc2c(c1)OCO2)C(=O)Nc1cc(C(F)(F)F)ccc1F. The van der Waals surface area contributed by atoms with E-state index >= 15 is 0 Å². The Morgan fingerprint density at radius 2 is 1.88 bits per heavy atom. The molecule has 9 heteroatoms. The fourth-order valence-electron chi connectivity index (χ4n) is 2.24. The molecule has 1 amide bonds. The van der Waals surface area contributed by atoms with Gasteiger partial charge in [-0.2, -0.15) is 13.2 Å². The number of ether oxygens (including phenoxy) is 3. The van der Waals surface area contributed by atoms with Crippen molar-refractivity contribution >= 4 is 11.6 Å². The van der Waals surface area contributed by atoms with Gasteiger partial charge in [0, 0.05) is 6.07 Å². The number of fused-ring (bicyclic) bond motifs is 1. The fourth-order valence-corrected chi connectivity index (χ4v) is 2.24. The van der Waals surface area contributed by atoms with Crippen molar-refractivity contribution in [2.24, 2.45) is 0 Å². The van der Waals surface area contributed by atoms with Gasteiger partial charge in [0.05, 0.1) is 11.3 Å². The monoisotopic (exact) mass is 371 g/mol. The molecule has 5 nitrogen and oxygen atoms in total. The smallest absolute Gasteiger partial charge is 0.416 e. The Balaban J connectivity index is 1.70. The summed E-state index contributed by atoms with van der Waals surface area (Å²) in [6, 6.07) is 6.41. The van der Waals surface area contributed by atoms with Crippen LogP contribution in [0.15, 0.2) is 36.4 Å². The molecule has 26 heavy (non-hydrogen) atoms. The number of carbonyl (C=O) groups excluding carboxylic acids is 1. The summed E-state index contributed by atoms with van der Waals surface area (Å²) in [4.78, 5) is 12.1. The highest BCUT2D eigenvalue weighted by Gasteiger charge is 2.31. The van der Waals surface area contributed by atoms with Crippen molar-refractivity contribution in [1.29, 1.82) is 0 Å². The van der Waals surface area contributed by atoms with E-state index in [2.05, 4.69) is 5.32 Å². The Labute approximate surface area is 145 Å². The van der Waals surface area contributed by atoms with Crippen molar-refractivity contribution in [1.82, 2.24) is 0 Å². The molecular formula is C17H13F4NO4. The van der Waals surface area contributed by atoms with Gasteiger partial charge in [0.1, 0.15) is 11.6 Å². The first-order valence-electron chi connectivity index (χ1n) is 7.48. The van der Waals surface area contributed by atoms with Crippen LogP contribution in [0.2, 0.25) is 0 Å². The van der Waals surface area contributed by atoms with Gasteiger partial charge in [-0.3, -0.25) is 4.79 Å². The molecule has 2 aromatic carbocycles. The summed E-state index contributed by atoms with van der Waals surface area (Å²) in [7, 11) is 0. The quantitative estimate of drug-likeness (QED) is 0.826.